The first kappa shape index (κ1) is 14.7. The van der Waals surface area contributed by atoms with Gasteiger partial charge in [0.2, 0.25) is 0 Å². The molecule has 3 heterocycles. The zero-order valence-electron chi connectivity index (χ0n) is 13.4. The van der Waals surface area contributed by atoms with Crippen molar-refractivity contribution in [2.24, 2.45) is 0 Å². The predicted octanol–water partition coefficient (Wildman–Crippen LogP) is 1.04. The van der Waals surface area contributed by atoms with E-state index in [9.17, 15) is 4.79 Å². The van der Waals surface area contributed by atoms with Gasteiger partial charge in [-0.25, -0.2) is 4.98 Å². The summed E-state index contributed by atoms with van der Waals surface area (Å²) in [7, 11) is 0. The van der Waals surface area contributed by atoms with E-state index in [1.54, 1.807) is 0 Å². The van der Waals surface area contributed by atoms with Gasteiger partial charge >= 0.3 is 0 Å². The Morgan fingerprint density at radius 1 is 1.43 bits per heavy atom. The van der Waals surface area contributed by atoms with Crippen LogP contribution in [-0.4, -0.2) is 47.2 Å². The van der Waals surface area contributed by atoms with Crippen LogP contribution in [0.1, 0.15) is 24.6 Å². The average Bonchev–Trinajstić information content (AvgIpc) is 2.54. The summed E-state index contributed by atoms with van der Waals surface area (Å²) in [4.78, 5) is 22.0. The van der Waals surface area contributed by atoms with Crippen LogP contribution in [0.4, 0.5) is 0 Å². The summed E-state index contributed by atoms with van der Waals surface area (Å²) in [5, 5.41) is 3.45. The number of aromatic amines is 1. The second-order valence-electron chi connectivity index (χ2n) is 6.31. The Bertz CT molecular complexity index is 786. The number of benzene rings is 1. The lowest BCUT2D eigenvalue weighted by Crippen LogP contribution is -2.51. The smallest absolute Gasteiger partial charge is 0.270 e. The highest BCUT2D eigenvalue weighted by molar-refractivity contribution is 5.77. The highest BCUT2D eigenvalue weighted by atomic mass is 16.5. The van der Waals surface area contributed by atoms with Gasteiger partial charge in [-0.1, -0.05) is 6.92 Å². The van der Waals surface area contributed by atoms with E-state index in [0.29, 0.717) is 24.8 Å². The Morgan fingerprint density at radius 2 is 2.35 bits per heavy atom. The van der Waals surface area contributed by atoms with Crippen LogP contribution in [-0.2, 0) is 13.0 Å². The maximum Gasteiger partial charge on any atom is 0.270 e. The van der Waals surface area contributed by atoms with Crippen LogP contribution in [0.2, 0.25) is 0 Å². The number of hydrogen-bond acceptors (Lipinski definition) is 5. The van der Waals surface area contributed by atoms with E-state index in [1.165, 1.54) is 0 Å². The van der Waals surface area contributed by atoms with Crippen LogP contribution < -0.4 is 15.6 Å². The maximum absolute atomic E-state index is 12.0. The molecule has 2 aliphatic heterocycles. The summed E-state index contributed by atoms with van der Waals surface area (Å²) < 4.78 is 6.00. The zero-order chi connectivity index (χ0) is 15.8. The molecule has 0 unspecified atom stereocenters. The van der Waals surface area contributed by atoms with Crippen LogP contribution in [0.15, 0.2) is 16.9 Å². The molecule has 1 aromatic carbocycles. The molecule has 0 bridgehead atoms. The van der Waals surface area contributed by atoms with Crippen molar-refractivity contribution < 1.29 is 4.74 Å². The van der Waals surface area contributed by atoms with E-state index in [4.69, 9.17) is 4.74 Å². The summed E-state index contributed by atoms with van der Waals surface area (Å²) >= 11 is 0. The zero-order valence-corrected chi connectivity index (χ0v) is 13.4. The van der Waals surface area contributed by atoms with Crippen molar-refractivity contribution in [3.8, 4) is 5.75 Å². The molecule has 2 aliphatic rings. The highest BCUT2D eigenvalue weighted by Crippen LogP contribution is 2.28. The van der Waals surface area contributed by atoms with Gasteiger partial charge in [0.15, 0.2) is 0 Å². The largest absolute Gasteiger partial charge is 0.493 e. The number of hydrogen-bond donors (Lipinski definition) is 2. The van der Waals surface area contributed by atoms with Gasteiger partial charge in [0.05, 0.1) is 17.6 Å². The van der Waals surface area contributed by atoms with Crippen molar-refractivity contribution >= 4 is 11.0 Å². The lowest BCUT2D eigenvalue weighted by Gasteiger charge is -2.38. The lowest BCUT2D eigenvalue weighted by molar-refractivity contribution is 0.115. The number of ether oxygens (including phenoxy) is 1. The van der Waals surface area contributed by atoms with Gasteiger partial charge in [0.1, 0.15) is 11.4 Å². The summed E-state index contributed by atoms with van der Waals surface area (Å²) in [6, 6.07) is 4.53. The molecule has 0 radical (unpaired) electrons. The standard InChI is InChI=1S/C17H22N4O2/c1-2-13-17(22)20-14-7-11-10-21-5-4-18-9-12(21)3-6-23-16(11)8-15(14)19-13/h7-8,12,18H,2-6,9-10H2,1H3,(H,20,22)/t12-/m0/s1. The van der Waals surface area contributed by atoms with Gasteiger partial charge in [-0.05, 0) is 18.9 Å². The monoisotopic (exact) mass is 314 g/mol. The van der Waals surface area contributed by atoms with Crippen LogP contribution in [0.3, 0.4) is 0 Å². The number of H-pyrrole nitrogens is 1. The van der Waals surface area contributed by atoms with Crippen molar-refractivity contribution in [3.63, 3.8) is 0 Å². The van der Waals surface area contributed by atoms with Gasteiger partial charge in [-0.2, -0.15) is 0 Å². The summed E-state index contributed by atoms with van der Waals surface area (Å²) in [5.41, 5.74) is 3.21. The molecule has 2 aromatic rings. The molecule has 1 saturated heterocycles. The number of aromatic nitrogens is 2. The normalized spacial score (nSPS) is 21.9. The van der Waals surface area contributed by atoms with Crippen LogP contribution in [0, 0.1) is 0 Å². The number of nitrogens with one attached hydrogen (secondary N) is 2. The molecule has 0 aliphatic carbocycles. The molecule has 4 rings (SSSR count). The van der Waals surface area contributed by atoms with E-state index in [1.807, 2.05) is 19.1 Å². The summed E-state index contributed by atoms with van der Waals surface area (Å²) in [6.07, 6.45) is 1.66. The van der Waals surface area contributed by atoms with Crippen molar-refractivity contribution in [1.29, 1.82) is 0 Å². The molecule has 1 fully saturated rings. The van der Waals surface area contributed by atoms with E-state index < -0.39 is 0 Å². The molecule has 1 aromatic heterocycles. The second-order valence-corrected chi connectivity index (χ2v) is 6.31. The molecule has 1 atom stereocenters. The Kier molecular flexibility index (Phi) is 3.79. The molecule has 0 amide bonds. The van der Waals surface area contributed by atoms with Gasteiger partial charge in [-0.3, -0.25) is 9.69 Å². The highest BCUT2D eigenvalue weighted by Gasteiger charge is 2.25. The maximum atomic E-state index is 12.0. The van der Waals surface area contributed by atoms with E-state index in [0.717, 1.165) is 54.9 Å². The summed E-state index contributed by atoms with van der Waals surface area (Å²) in [6.45, 7) is 6.60. The fraction of sp³-hybridized carbons (Fsp3) is 0.529. The molecule has 23 heavy (non-hydrogen) atoms. The van der Waals surface area contributed by atoms with Gasteiger partial charge in [0.25, 0.3) is 5.56 Å². The number of piperazine rings is 1. The number of aryl methyl sites for hydroxylation is 1. The molecule has 6 nitrogen and oxygen atoms in total. The number of fused-ring (bicyclic) bond motifs is 3. The van der Waals surface area contributed by atoms with Crippen molar-refractivity contribution in [3.05, 3.63) is 33.7 Å². The SMILES string of the molecule is CCc1nc2cc3c(cc2[nH]c1=O)CN1CCNC[C@@H]1CCO3. The number of nitrogens with zero attached hydrogens (tertiary/aromatic N) is 2. The second kappa shape index (κ2) is 5.94. The first-order chi connectivity index (χ1) is 11.2. The van der Waals surface area contributed by atoms with E-state index in [2.05, 4.69) is 20.2 Å². The minimum atomic E-state index is -0.0910. The molecule has 6 heteroatoms. The van der Waals surface area contributed by atoms with Crippen LogP contribution >= 0.6 is 0 Å². The fourth-order valence-corrected chi connectivity index (χ4v) is 3.51. The first-order valence-electron chi connectivity index (χ1n) is 8.38. The number of rotatable bonds is 1. The van der Waals surface area contributed by atoms with Crippen molar-refractivity contribution in [2.75, 3.05) is 26.2 Å². The topological polar surface area (TPSA) is 70.2 Å². The van der Waals surface area contributed by atoms with Crippen LogP contribution in [0.5, 0.6) is 5.75 Å². The van der Waals surface area contributed by atoms with E-state index >= 15 is 0 Å². The van der Waals surface area contributed by atoms with Crippen LogP contribution in [0.25, 0.3) is 11.0 Å². The summed E-state index contributed by atoms with van der Waals surface area (Å²) in [5.74, 6) is 0.899. The Balaban J connectivity index is 1.78. The quantitative estimate of drug-likeness (QED) is 0.823. The third-order valence-electron chi connectivity index (χ3n) is 4.83. The molecule has 0 spiro atoms. The first-order valence-corrected chi connectivity index (χ1v) is 8.38. The predicted molar refractivity (Wildman–Crippen MR) is 88.9 cm³/mol. The minimum Gasteiger partial charge on any atom is -0.493 e. The molecule has 122 valence electrons. The molecule has 2 N–H and O–H groups in total. The molecular formula is C17H22N4O2. The van der Waals surface area contributed by atoms with Gasteiger partial charge < -0.3 is 15.0 Å². The minimum absolute atomic E-state index is 0.0910. The van der Waals surface area contributed by atoms with Gasteiger partial charge in [-0.15, -0.1) is 0 Å². The third kappa shape index (κ3) is 2.72. The van der Waals surface area contributed by atoms with E-state index in [-0.39, 0.29) is 5.56 Å². The Hall–Kier alpha value is -1.92. The molecular weight excluding hydrogens is 292 g/mol. The Labute approximate surface area is 134 Å². The third-order valence-corrected chi connectivity index (χ3v) is 4.83. The Morgan fingerprint density at radius 3 is 3.22 bits per heavy atom. The average molecular weight is 314 g/mol. The van der Waals surface area contributed by atoms with Crippen molar-refractivity contribution in [1.82, 2.24) is 20.2 Å². The molecule has 0 saturated carbocycles. The van der Waals surface area contributed by atoms with Crippen molar-refractivity contribution in [2.45, 2.75) is 32.4 Å². The van der Waals surface area contributed by atoms with Gasteiger partial charge in [0, 0.05) is 43.9 Å². The fourth-order valence-electron chi connectivity index (χ4n) is 3.51. The lowest BCUT2D eigenvalue weighted by atomic mass is 10.1.